The zero-order valence-corrected chi connectivity index (χ0v) is 23.5. The minimum Gasteiger partial charge on any atom is -0.326 e. The maximum absolute atomic E-state index is 15.6. The van der Waals surface area contributed by atoms with Crippen molar-refractivity contribution >= 4 is 52.0 Å². The van der Waals surface area contributed by atoms with Crippen molar-refractivity contribution in [3.8, 4) is 5.69 Å². The third kappa shape index (κ3) is 6.08. The molecule has 1 aromatic heterocycles. The summed E-state index contributed by atoms with van der Waals surface area (Å²) < 4.78 is 32.8. The SMILES string of the molecule is CC(=O)Nc1cccc(NC(=O)/C=C2/c3ccccc3N(C(=O)c3ccc(-n4ccc(C)n4)cc3Cl)CCC2(F)F)c1. The van der Waals surface area contributed by atoms with Gasteiger partial charge in [0.05, 0.1) is 27.7 Å². The molecule has 3 aromatic carbocycles. The quantitative estimate of drug-likeness (QED) is 0.260. The molecule has 2 heterocycles. The lowest BCUT2D eigenvalue weighted by molar-refractivity contribution is -0.114. The second-order valence-corrected chi connectivity index (χ2v) is 10.2. The van der Waals surface area contributed by atoms with Gasteiger partial charge in [0.15, 0.2) is 0 Å². The van der Waals surface area contributed by atoms with Gasteiger partial charge in [-0.1, -0.05) is 35.9 Å². The lowest BCUT2D eigenvalue weighted by Gasteiger charge is -2.23. The van der Waals surface area contributed by atoms with E-state index in [1.54, 1.807) is 65.5 Å². The number of para-hydroxylation sites is 1. The van der Waals surface area contributed by atoms with Crippen LogP contribution in [-0.4, -0.2) is 40.0 Å². The second-order valence-electron chi connectivity index (χ2n) is 9.80. The summed E-state index contributed by atoms with van der Waals surface area (Å²) in [5.74, 6) is -5.05. The van der Waals surface area contributed by atoms with Gasteiger partial charge in [0.2, 0.25) is 11.8 Å². The van der Waals surface area contributed by atoms with Crippen LogP contribution in [0.3, 0.4) is 0 Å². The summed E-state index contributed by atoms with van der Waals surface area (Å²) in [6.07, 6.45) is 1.90. The van der Waals surface area contributed by atoms with Crippen LogP contribution in [0.15, 0.2) is 85.1 Å². The van der Waals surface area contributed by atoms with Gasteiger partial charge < -0.3 is 15.5 Å². The lowest BCUT2D eigenvalue weighted by atomic mass is 9.97. The summed E-state index contributed by atoms with van der Waals surface area (Å²) >= 11 is 6.51. The minimum absolute atomic E-state index is 0.0512. The van der Waals surface area contributed by atoms with Crippen molar-refractivity contribution in [1.82, 2.24) is 9.78 Å². The van der Waals surface area contributed by atoms with Crippen molar-refractivity contribution in [2.45, 2.75) is 26.2 Å². The van der Waals surface area contributed by atoms with Gasteiger partial charge in [0.1, 0.15) is 0 Å². The van der Waals surface area contributed by atoms with Crippen molar-refractivity contribution in [2.24, 2.45) is 0 Å². The highest BCUT2D eigenvalue weighted by Crippen LogP contribution is 2.43. The number of benzene rings is 3. The highest BCUT2D eigenvalue weighted by molar-refractivity contribution is 6.34. The van der Waals surface area contributed by atoms with Crippen molar-refractivity contribution in [3.63, 3.8) is 0 Å². The number of alkyl halides is 2. The van der Waals surface area contributed by atoms with E-state index < -0.39 is 29.7 Å². The number of anilines is 3. The number of carbonyl (C=O) groups is 3. The van der Waals surface area contributed by atoms with E-state index in [2.05, 4.69) is 15.7 Å². The molecule has 42 heavy (non-hydrogen) atoms. The van der Waals surface area contributed by atoms with Crippen LogP contribution in [-0.2, 0) is 9.59 Å². The number of hydrogen-bond acceptors (Lipinski definition) is 4. The van der Waals surface area contributed by atoms with Gasteiger partial charge in [-0.3, -0.25) is 14.4 Å². The summed E-state index contributed by atoms with van der Waals surface area (Å²) in [5, 5.41) is 9.67. The van der Waals surface area contributed by atoms with Crippen LogP contribution in [0.1, 0.15) is 35.0 Å². The van der Waals surface area contributed by atoms with Crippen LogP contribution in [0.25, 0.3) is 11.3 Å². The number of fused-ring (bicyclic) bond motifs is 1. The van der Waals surface area contributed by atoms with Crippen molar-refractivity contribution in [2.75, 3.05) is 22.1 Å². The van der Waals surface area contributed by atoms with E-state index in [1.807, 2.05) is 13.0 Å². The molecule has 214 valence electrons. The molecule has 0 bridgehead atoms. The second kappa shape index (κ2) is 11.6. The maximum atomic E-state index is 15.6. The molecule has 1 aliphatic rings. The van der Waals surface area contributed by atoms with Crippen LogP contribution in [0.5, 0.6) is 0 Å². The maximum Gasteiger partial charge on any atom is 0.275 e. The van der Waals surface area contributed by atoms with Gasteiger partial charge in [-0.15, -0.1) is 0 Å². The molecule has 0 saturated carbocycles. The highest BCUT2D eigenvalue weighted by atomic mass is 35.5. The van der Waals surface area contributed by atoms with Gasteiger partial charge in [0, 0.05) is 54.7 Å². The fourth-order valence-corrected chi connectivity index (χ4v) is 5.00. The summed E-state index contributed by atoms with van der Waals surface area (Å²) in [5.41, 5.74) is 2.12. The van der Waals surface area contributed by atoms with E-state index in [4.69, 9.17) is 11.6 Å². The first-order valence-electron chi connectivity index (χ1n) is 13.0. The molecule has 2 N–H and O–H groups in total. The molecule has 0 unspecified atom stereocenters. The van der Waals surface area contributed by atoms with E-state index in [0.29, 0.717) is 17.1 Å². The van der Waals surface area contributed by atoms with Crippen molar-refractivity contribution < 1.29 is 23.2 Å². The predicted octanol–water partition coefficient (Wildman–Crippen LogP) is 6.50. The van der Waals surface area contributed by atoms with Crippen LogP contribution >= 0.6 is 11.6 Å². The summed E-state index contributed by atoms with van der Waals surface area (Å²) in [6.45, 7) is 2.89. The standard InChI is InChI=1S/C31H26ClF2N5O3/c1-19-12-14-39(37-19)23-10-11-25(27(32)17-23)30(42)38-15-13-31(33,34)26(24-8-3-4-9-28(24)38)18-29(41)36-22-7-5-6-21(16-22)35-20(2)40/h3-12,14,16-18H,13,15H2,1-2H3,(H,35,40)(H,36,41)/b26-18-. The van der Waals surface area contributed by atoms with Crippen LogP contribution < -0.4 is 15.5 Å². The smallest absolute Gasteiger partial charge is 0.275 e. The zero-order chi connectivity index (χ0) is 30.0. The van der Waals surface area contributed by atoms with Gasteiger partial charge >= 0.3 is 0 Å². The number of amides is 3. The van der Waals surface area contributed by atoms with E-state index in [0.717, 1.165) is 11.8 Å². The van der Waals surface area contributed by atoms with E-state index in [-0.39, 0.29) is 34.3 Å². The van der Waals surface area contributed by atoms with Crippen molar-refractivity contribution in [1.29, 1.82) is 0 Å². The molecule has 0 radical (unpaired) electrons. The normalized spacial score (nSPS) is 15.1. The summed E-state index contributed by atoms with van der Waals surface area (Å²) in [7, 11) is 0. The van der Waals surface area contributed by atoms with Crippen LogP contribution in [0, 0.1) is 6.92 Å². The Balaban J connectivity index is 1.46. The summed E-state index contributed by atoms with van der Waals surface area (Å²) in [6, 6.07) is 19.2. The molecule has 1 aliphatic heterocycles. The Morgan fingerprint density at radius 2 is 1.71 bits per heavy atom. The number of halogens is 3. The number of aryl methyl sites for hydroxylation is 1. The Labute approximate surface area is 245 Å². The Morgan fingerprint density at radius 3 is 2.40 bits per heavy atom. The van der Waals surface area contributed by atoms with Crippen LogP contribution in [0.4, 0.5) is 25.8 Å². The molecule has 0 aliphatic carbocycles. The molecule has 0 spiro atoms. The van der Waals surface area contributed by atoms with Crippen molar-refractivity contribution in [3.05, 3.63) is 107 Å². The molecule has 0 atom stereocenters. The van der Waals surface area contributed by atoms with Gasteiger partial charge in [0.25, 0.3) is 11.8 Å². The van der Waals surface area contributed by atoms with Gasteiger partial charge in [-0.25, -0.2) is 13.5 Å². The highest BCUT2D eigenvalue weighted by Gasteiger charge is 2.41. The molecule has 0 fully saturated rings. The third-order valence-corrected chi connectivity index (χ3v) is 6.98. The molecule has 3 amide bonds. The number of nitrogens with one attached hydrogen (secondary N) is 2. The number of allylic oxidation sites excluding steroid dienone is 1. The number of aromatic nitrogens is 2. The molecule has 8 nitrogen and oxygen atoms in total. The molecule has 4 aromatic rings. The van der Waals surface area contributed by atoms with Gasteiger partial charge in [-0.2, -0.15) is 5.10 Å². The fourth-order valence-electron chi connectivity index (χ4n) is 4.75. The first-order valence-corrected chi connectivity index (χ1v) is 13.4. The summed E-state index contributed by atoms with van der Waals surface area (Å²) in [4.78, 5) is 39.3. The minimum atomic E-state index is -3.42. The molecule has 5 rings (SSSR count). The first kappa shape index (κ1) is 28.7. The van der Waals surface area contributed by atoms with E-state index in [9.17, 15) is 14.4 Å². The average molecular weight is 590 g/mol. The average Bonchev–Trinajstić information content (AvgIpc) is 3.33. The number of carbonyl (C=O) groups excluding carboxylic acids is 3. The molecular formula is C31H26ClF2N5O3. The Morgan fingerprint density at radius 1 is 0.976 bits per heavy atom. The monoisotopic (exact) mass is 589 g/mol. The van der Waals surface area contributed by atoms with E-state index in [1.165, 1.54) is 24.0 Å². The number of nitrogens with zero attached hydrogens (tertiary/aromatic N) is 3. The topological polar surface area (TPSA) is 96.3 Å². The third-order valence-electron chi connectivity index (χ3n) is 6.67. The lowest BCUT2D eigenvalue weighted by Crippen LogP contribution is -2.33. The Hall–Kier alpha value is -4.83. The molecule has 11 heteroatoms. The zero-order valence-electron chi connectivity index (χ0n) is 22.7. The Bertz CT molecular complexity index is 1730. The van der Waals surface area contributed by atoms with Gasteiger partial charge in [-0.05, 0) is 55.5 Å². The number of rotatable bonds is 5. The Kier molecular flexibility index (Phi) is 7.91. The molecule has 0 saturated heterocycles. The first-order chi connectivity index (χ1) is 20.0. The molecular weight excluding hydrogens is 564 g/mol. The fraction of sp³-hybridized carbons (Fsp3) is 0.161. The largest absolute Gasteiger partial charge is 0.326 e. The predicted molar refractivity (Wildman–Crippen MR) is 158 cm³/mol. The number of hydrogen-bond donors (Lipinski definition) is 2. The van der Waals surface area contributed by atoms with Crippen LogP contribution in [0.2, 0.25) is 5.02 Å². The van der Waals surface area contributed by atoms with E-state index >= 15 is 8.78 Å².